The van der Waals surface area contributed by atoms with Gasteiger partial charge in [-0.2, -0.15) is 0 Å². The first-order valence-electron chi connectivity index (χ1n) is 5.38. The van der Waals surface area contributed by atoms with Crippen molar-refractivity contribution >= 4 is 23.6 Å². The second-order valence-electron chi connectivity index (χ2n) is 3.92. The van der Waals surface area contributed by atoms with Crippen molar-refractivity contribution in [3.05, 3.63) is 47.6 Å². The maximum atomic E-state index is 11.0. The van der Waals surface area contributed by atoms with Gasteiger partial charge in [0, 0.05) is 11.3 Å². The first-order valence-corrected chi connectivity index (χ1v) is 5.38. The zero-order valence-electron chi connectivity index (χ0n) is 10.4. The molecule has 1 aromatic rings. The van der Waals surface area contributed by atoms with Crippen LogP contribution in [0.5, 0.6) is 0 Å². The summed E-state index contributed by atoms with van der Waals surface area (Å²) in [4.78, 5) is 21.6. The lowest BCUT2D eigenvalue weighted by molar-refractivity contribution is -0.113. The molecule has 94 valence electrons. The number of hydrogen-bond acceptors (Lipinski definition) is 2. The van der Waals surface area contributed by atoms with E-state index in [9.17, 15) is 9.59 Å². The molecule has 0 fully saturated rings. The molecular weight excluding hydrogens is 230 g/mol. The topological polar surface area (TPSA) is 66.4 Å². The third-order valence-corrected chi connectivity index (χ3v) is 2.45. The summed E-state index contributed by atoms with van der Waals surface area (Å²) < 4.78 is 0. The Kier molecular flexibility index (Phi) is 4.43. The number of anilines is 1. The highest BCUT2D eigenvalue weighted by molar-refractivity contribution is 5.96. The highest BCUT2D eigenvalue weighted by Gasteiger charge is 2.01. The molecule has 0 atom stereocenters. The average molecular weight is 245 g/mol. The van der Waals surface area contributed by atoms with Crippen LogP contribution in [0.2, 0.25) is 0 Å². The molecule has 18 heavy (non-hydrogen) atoms. The molecule has 0 aliphatic carbocycles. The molecule has 0 aliphatic heterocycles. The SMILES string of the molecule is C=C(/C=C\c1cc(NC(=O)O)ccc1C)C(C)=O. The summed E-state index contributed by atoms with van der Waals surface area (Å²) in [6, 6.07) is 5.19. The molecule has 4 heteroatoms. The van der Waals surface area contributed by atoms with Crippen LogP contribution in [0, 0.1) is 6.92 Å². The van der Waals surface area contributed by atoms with Gasteiger partial charge in [0.15, 0.2) is 5.78 Å². The number of Topliss-reactive ketones (excluding diaryl/α,β-unsaturated/α-hetero) is 1. The van der Waals surface area contributed by atoms with Crippen molar-refractivity contribution in [2.24, 2.45) is 0 Å². The first kappa shape index (κ1) is 13.7. The highest BCUT2D eigenvalue weighted by Crippen LogP contribution is 2.17. The maximum Gasteiger partial charge on any atom is 0.409 e. The number of carbonyl (C=O) groups excluding carboxylic acids is 1. The van der Waals surface area contributed by atoms with Crippen molar-refractivity contribution in [2.45, 2.75) is 13.8 Å². The van der Waals surface area contributed by atoms with E-state index in [1.807, 2.05) is 13.0 Å². The Hall–Kier alpha value is -2.36. The summed E-state index contributed by atoms with van der Waals surface area (Å²) in [5.41, 5.74) is 2.72. The van der Waals surface area contributed by atoms with E-state index < -0.39 is 6.09 Å². The lowest BCUT2D eigenvalue weighted by Crippen LogP contribution is -2.07. The van der Waals surface area contributed by atoms with Gasteiger partial charge in [-0.05, 0) is 37.1 Å². The first-order chi connectivity index (χ1) is 8.40. The quantitative estimate of drug-likeness (QED) is 0.632. The van der Waals surface area contributed by atoms with Crippen LogP contribution in [0.4, 0.5) is 10.5 Å². The van der Waals surface area contributed by atoms with E-state index in [1.54, 1.807) is 24.3 Å². The van der Waals surface area contributed by atoms with Crippen molar-refractivity contribution in [1.29, 1.82) is 0 Å². The Morgan fingerprint density at radius 1 is 1.39 bits per heavy atom. The number of amides is 1. The van der Waals surface area contributed by atoms with E-state index >= 15 is 0 Å². The maximum absolute atomic E-state index is 11.0. The monoisotopic (exact) mass is 245 g/mol. The Bertz CT molecular complexity index is 530. The Morgan fingerprint density at radius 2 is 2.06 bits per heavy atom. The smallest absolute Gasteiger partial charge is 0.409 e. The van der Waals surface area contributed by atoms with Crippen LogP contribution < -0.4 is 5.32 Å². The fourth-order valence-corrected chi connectivity index (χ4v) is 1.33. The van der Waals surface area contributed by atoms with E-state index in [0.717, 1.165) is 11.1 Å². The minimum Gasteiger partial charge on any atom is -0.465 e. The van der Waals surface area contributed by atoms with Gasteiger partial charge in [0.25, 0.3) is 0 Å². The van der Waals surface area contributed by atoms with E-state index in [0.29, 0.717) is 11.3 Å². The molecular formula is C14H15NO3. The predicted molar refractivity (Wildman–Crippen MR) is 71.7 cm³/mol. The number of carboxylic acid groups (broad SMARTS) is 1. The van der Waals surface area contributed by atoms with Crippen LogP contribution in [0.15, 0.2) is 36.4 Å². The fraction of sp³-hybridized carbons (Fsp3) is 0.143. The van der Waals surface area contributed by atoms with E-state index in [2.05, 4.69) is 11.9 Å². The third kappa shape index (κ3) is 3.90. The second-order valence-corrected chi connectivity index (χ2v) is 3.92. The van der Waals surface area contributed by atoms with Crippen LogP contribution in [-0.2, 0) is 4.79 Å². The molecule has 0 heterocycles. The van der Waals surface area contributed by atoms with Crippen LogP contribution >= 0.6 is 0 Å². The van der Waals surface area contributed by atoms with E-state index in [-0.39, 0.29) is 5.78 Å². The summed E-state index contributed by atoms with van der Waals surface area (Å²) in [5.74, 6) is -0.0938. The van der Waals surface area contributed by atoms with Crippen molar-refractivity contribution < 1.29 is 14.7 Å². The van der Waals surface area contributed by atoms with Gasteiger partial charge in [0.1, 0.15) is 0 Å². The zero-order chi connectivity index (χ0) is 13.7. The molecule has 0 aromatic heterocycles. The molecule has 0 saturated carbocycles. The molecule has 2 N–H and O–H groups in total. The van der Waals surface area contributed by atoms with Crippen molar-refractivity contribution in [2.75, 3.05) is 5.32 Å². The minimum absolute atomic E-state index is 0.0938. The van der Waals surface area contributed by atoms with Crippen LogP contribution in [0.1, 0.15) is 18.1 Å². The van der Waals surface area contributed by atoms with Crippen molar-refractivity contribution in [3.8, 4) is 0 Å². The molecule has 1 amide bonds. The van der Waals surface area contributed by atoms with Gasteiger partial charge in [-0.15, -0.1) is 0 Å². The Morgan fingerprint density at radius 3 is 2.61 bits per heavy atom. The standard InChI is InChI=1S/C14H15NO3/c1-9(11(3)16)4-6-12-8-13(15-14(17)18)7-5-10(12)2/h4-8,15H,1H2,2-3H3,(H,17,18)/b6-4-. The number of carbonyl (C=O) groups is 2. The van der Waals surface area contributed by atoms with Gasteiger partial charge in [-0.3, -0.25) is 10.1 Å². The largest absolute Gasteiger partial charge is 0.465 e. The number of rotatable bonds is 4. The molecule has 0 saturated heterocycles. The average Bonchev–Trinajstić information content (AvgIpc) is 2.28. The second kappa shape index (κ2) is 5.82. The molecule has 1 rings (SSSR count). The molecule has 0 radical (unpaired) electrons. The number of aryl methyl sites for hydroxylation is 1. The van der Waals surface area contributed by atoms with Crippen LogP contribution in [0.3, 0.4) is 0 Å². The molecule has 0 aliphatic rings. The van der Waals surface area contributed by atoms with Crippen molar-refractivity contribution in [3.63, 3.8) is 0 Å². The number of ketones is 1. The molecule has 0 unspecified atom stereocenters. The summed E-state index contributed by atoms with van der Waals surface area (Å²) in [6.45, 7) is 6.97. The van der Waals surface area contributed by atoms with Gasteiger partial charge in [0.05, 0.1) is 0 Å². The van der Waals surface area contributed by atoms with Gasteiger partial charge in [-0.25, -0.2) is 4.79 Å². The normalized spacial score (nSPS) is 10.3. The van der Waals surface area contributed by atoms with Gasteiger partial charge >= 0.3 is 6.09 Å². The van der Waals surface area contributed by atoms with Crippen molar-refractivity contribution in [1.82, 2.24) is 0 Å². The molecule has 4 nitrogen and oxygen atoms in total. The Balaban J connectivity index is 2.97. The summed E-state index contributed by atoms with van der Waals surface area (Å²) in [5, 5.41) is 10.9. The van der Waals surface area contributed by atoms with Gasteiger partial charge in [0.2, 0.25) is 0 Å². The van der Waals surface area contributed by atoms with E-state index in [1.165, 1.54) is 6.92 Å². The summed E-state index contributed by atoms with van der Waals surface area (Å²) in [6.07, 6.45) is 2.25. The number of allylic oxidation sites excluding steroid dienone is 2. The lowest BCUT2D eigenvalue weighted by atomic mass is 10.1. The highest BCUT2D eigenvalue weighted by atomic mass is 16.4. The van der Waals surface area contributed by atoms with Gasteiger partial charge < -0.3 is 5.11 Å². The predicted octanol–water partition coefficient (Wildman–Crippen LogP) is 3.24. The Labute approximate surface area is 106 Å². The zero-order valence-corrected chi connectivity index (χ0v) is 10.4. The lowest BCUT2D eigenvalue weighted by Gasteiger charge is -2.05. The van der Waals surface area contributed by atoms with E-state index in [4.69, 9.17) is 5.11 Å². The van der Waals surface area contributed by atoms with Gasteiger partial charge in [-0.1, -0.05) is 24.8 Å². The minimum atomic E-state index is -1.11. The molecule has 1 aromatic carbocycles. The fourth-order valence-electron chi connectivity index (χ4n) is 1.33. The molecule has 0 spiro atoms. The number of hydrogen-bond donors (Lipinski definition) is 2. The summed E-state index contributed by atoms with van der Waals surface area (Å²) in [7, 11) is 0. The summed E-state index contributed by atoms with van der Waals surface area (Å²) >= 11 is 0. The third-order valence-electron chi connectivity index (χ3n) is 2.45. The molecule has 0 bridgehead atoms. The number of benzene rings is 1. The van der Waals surface area contributed by atoms with Crippen LogP contribution in [0.25, 0.3) is 6.08 Å². The van der Waals surface area contributed by atoms with Crippen LogP contribution in [-0.4, -0.2) is 17.0 Å². The number of nitrogens with one attached hydrogen (secondary N) is 1.